The summed E-state index contributed by atoms with van der Waals surface area (Å²) in [6.07, 6.45) is 9.60. The SMILES string of the molecule is CCCCc1ccc(CCCC[n+]2ccc(C)c(C)c2Br)cc1. The summed E-state index contributed by atoms with van der Waals surface area (Å²) < 4.78 is 3.54. The Bertz CT molecular complexity index is 616. The largest absolute Gasteiger partial charge is 0.251 e. The molecule has 0 spiro atoms. The van der Waals surface area contributed by atoms with E-state index in [4.69, 9.17) is 0 Å². The zero-order valence-electron chi connectivity index (χ0n) is 14.7. The minimum atomic E-state index is 1.08. The molecule has 0 saturated heterocycles. The summed E-state index contributed by atoms with van der Waals surface area (Å²) in [5, 5.41) is 0. The molecule has 0 aliphatic carbocycles. The van der Waals surface area contributed by atoms with Crippen molar-refractivity contribution in [1.29, 1.82) is 0 Å². The van der Waals surface area contributed by atoms with Gasteiger partial charge in [-0.05, 0) is 56.2 Å². The summed E-state index contributed by atoms with van der Waals surface area (Å²) >= 11 is 3.72. The van der Waals surface area contributed by atoms with Gasteiger partial charge in [0.15, 0.2) is 6.20 Å². The highest BCUT2D eigenvalue weighted by atomic mass is 79.9. The van der Waals surface area contributed by atoms with E-state index in [0.29, 0.717) is 0 Å². The summed E-state index contributed by atoms with van der Waals surface area (Å²) in [6.45, 7) is 7.67. The molecule has 0 radical (unpaired) electrons. The molecule has 2 aromatic rings. The topological polar surface area (TPSA) is 3.88 Å². The van der Waals surface area contributed by atoms with E-state index in [1.165, 1.54) is 65.4 Å². The lowest BCUT2D eigenvalue weighted by molar-refractivity contribution is -0.708. The number of halogens is 1. The molecule has 124 valence electrons. The lowest BCUT2D eigenvalue weighted by Gasteiger charge is -2.05. The lowest BCUT2D eigenvalue weighted by Crippen LogP contribution is -2.36. The van der Waals surface area contributed by atoms with Crippen molar-refractivity contribution in [3.8, 4) is 0 Å². The van der Waals surface area contributed by atoms with Gasteiger partial charge in [-0.25, -0.2) is 0 Å². The molecule has 0 aliphatic rings. The maximum atomic E-state index is 3.72. The third kappa shape index (κ3) is 5.46. The van der Waals surface area contributed by atoms with Crippen molar-refractivity contribution in [3.05, 3.63) is 63.4 Å². The van der Waals surface area contributed by atoms with Crippen LogP contribution in [-0.4, -0.2) is 0 Å². The standard InChI is InChI=1S/C21H29BrN/c1-4-5-8-19-10-12-20(13-11-19)9-6-7-15-23-16-14-17(2)18(3)21(23)22/h10-14,16H,4-9,15H2,1-3H3/q+1. The van der Waals surface area contributed by atoms with Crippen molar-refractivity contribution in [1.82, 2.24) is 0 Å². The lowest BCUT2D eigenvalue weighted by atomic mass is 10.0. The quantitative estimate of drug-likeness (QED) is 0.316. The average Bonchev–Trinajstić information content (AvgIpc) is 2.57. The molecule has 0 aliphatic heterocycles. The molecule has 0 saturated carbocycles. The van der Waals surface area contributed by atoms with Crippen LogP contribution < -0.4 is 4.57 Å². The van der Waals surface area contributed by atoms with Gasteiger partial charge in [-0.1, -0.05) is 37.6 Å². The van der Waals surface area contributed by atoms with Crippen LogP contribution >= 0.6 is 15.9 Å². The predicted octanol–water partition coefficient (Wildman–Crippen LogP) is 5.72. The second kappa shape index (κ2) is 9.22. The van der Waals surface area contributed by atoms with Crippen molar-refractivity contribution in [2.75, 3.05) is 0 Å². The van der Waals surface area contributed by atoms with Crippen molar-refractivity contribution in [3.63, 3.8) is 0 Å². The van der Waals surface area contributed by atoms with Gasteiger partial charge in [0.1, 0.15) is 6.54 Å². The van der Waals surface area contributed by atoms with Gasteiger partial charge in [-0.15, -0.1) is 0 Å². The number of pyridine rings is 1. The Balaban J connectivity index is 1.78. The van der Waals surface area contributed by atoms with E-state index in [9.17, 15) is 0 Å². The molecule has 2 rings (SSSR count). The first-order chi connectivity index (χ1) is 11.1. The normalized spacial score (nSPS) is 11.0. The molecule has 1 aromatic carbocycles. The Labute approximate surface area is 149 Å². The van der Waals surface area contributed by atoms with E-state index in [1.54, 1.807) is 0 Å². The van der Waals surface area contributed by atoms with Gasteiger partial charge in [-0.2, -0.15) is 4.57 Å². The van der Waals surface area contributed by atoms with Crippen molar-refractivity contribution < 1.29 is 4.57 Å². The molecule has 0 fully saturated rings. The number of rotatable bonds is 8. The van der Waals surface area contributed by atoms with Crippen molar-refractivity contribution in [2.24, 2.45) is 0 Å². The number of aromatic nitrogens is 1. The summed E-state index contributed by atoms with van der Waals surface area (Å²) in [4.78, 5) is 0. The first-order valence-electron chi connectivity index (χ1n) is 8.84. The van der Waals surface area contributed by atoms with Crippen LogP contribution in [0.4, 0.5) is 0 Å². The van der Waals surface area contributed by atoms with E-state index in [1.807, 2.05) is 0 Å². The van der Waals surface area contributed by atoms with Crippen LogP contribution in [0.1, 0.15) is 54.9 Å². The Morgan fingerprint density at radius 1 is 0.870 bits per heavy atom. The minimum absolute atomic E-state index is 1.08. The maximum Gasteiger partial charge on any atom is 0.251 e. The summed E-state index contributed by atoms with van der Waals surface area (Å²) in [5.41, 5.74) is 5.63. The number of hydrogen-bond acceptors (Lipinski definition) is 0. The molecular weight excluding hydrogens is 346 g/mol. The number of benzene rings is 1. The minimum Gasteiger partial charge on any atom is -0.193 e. The molecule has 2 heteroatoms. The van der Waals surface area contributed by atoms with Gasteiger partial charge in [0.05, 0.1) is 0 Å². The second-order valence-electron chi connectivity index (χ2n) is 6.49. The highest BCUT2D eigenvalue weighted by Crippen LogP contribution is 2.15. The van der Waals surface area contributed by atoms with E-state index in [0.717, 1.165) is 6.54 Å². The number of aryl methyl sites for hydroxylation is 4. The fourth-order valence-corrected chi connectivity index (χ4v) is 3.42. The average molecular weight is 375 g/mol. The Kier molecular flexibility index (Phi) is 7.29. The summed E-state index contributed by atoms with van der Waals surface area (Å²) in [6, 6.07) is 11.4. The first-order valence-corrected chi connectivity index (χ1v) is 9.64. The van der Waals surface area contributed by atoms with Gasteiger partial charge in [0.25, 0.3) is 4.60 Å². The Morgan fingerprint density at radius 2 is 1.48 bits per heavy atom. The molecule has 1 heterocycles. The van der Waals surface area contributed by atoms with Crippen LogP contribution in [0.25, 0.3) is 0 Å². The Hall–Kier alpha value is -1.15. The second-order valence-corrected chi connectivity index (χ2v) is 7.24. The monoisotopic (exact) mass is 374 g/mol. The van der Waals surface area contributed by atoms with E-state index in [2.05, 4.69) is 77.8 Å². The van der Waals surface area contributed by atoms with Crippen LogP contribution in [0.2, 0.25) is 0 Å². The summed E-state index contributed by atoms with van der Waals surface area (Å²) in [7, 11) is 0. The van der Waals surface area contributed by atoms with Crippen LogP contribution in [0.15, 0.2) is 41.1 Å². The molecule has 0 N–H and O–H groups in total. The molecule has 0 amide bonds. The number of hydrogen-bond donors (Lipinski definition) is 0. The van der Waals surface area contributed by atoms with Gasteiger partial charge >= 0.3 is 0 Å². The molecule has 1 nitrogen and oxygen atoms in total. The molecule has 0 atom stereocenters. The zero-order chi connectivity index (χ0) is 16.7. The van der Waals surface area contributed by atoms with Crippen molar-refractivity contribution in [2.45, 2.75) is 65.8 Å². The molecule has 0 unspecified atom stereocenters. The zero-order valence-corrected chi connectivity index (χ0v) is 16.3. The highest BCUT2D eigenvalue weighted by molar-refractivity contribution is 9.10. The van der Waals surface area contributed by atoms with Gasteiger partial charge in [0.2, 0.25) is 0 Å². The molecule has 1 aromatic heterocycles. The molecule has 0 bridgehead atoms. The predicted molar refractivity (Wildman–Crippen MR) is 102 cm³/mol. The number of unbranched alkanes of at least 4 members (excludes halogenated alkanes) is 2. The fraction of sp³-hybridized carbons (Fsp3) is 0.476. The summed E-state index contributed by atoms with van der Waals surface area (Å²) in [5.74, 6) is 0. The van der Waals surface area contributed by atoms with Crippen LogP contribution in [0, 0.1) is 13.8 Å². The van der Waals surface area contributed by atoms with Crippen LogP contribution in [-0.2, 0) is 19.4 Å². The van der Waals surface area contributed by atoms with E-state index < -0.39 is 0 Å². The molecule has 23 heavy (non-hydrogen) atoms. The Morgan fingerprint density at radius 3 is 2.09 bits per heavy atom. The first kappa shape index (κ1) is 18.2. The third-order valence-corrected chi connectivity index (χ3v) is 5.66. The highest BCUT2D eigenvalue weighted by Gasteiger charge is 2.11. The van der Waals surface area contributed by atoms with Crippen LogP contribution in [0.3, 0.4) is 0 Å². The van der Waals surface area contributed by atoms with Gasteiger partial charge < -0.3 is 0 Å². The fourth-order valence-electron chi connectivity index (χ4n) is 2.81. The van der Waals surface area contributed by atoms with E-state index >= 15 is 0 Å². The van der Waals surface area contributed by atoms with Crippen LogP contribution in [0.5, 0.6) is 0 Å². The maximum absolute atomic E-state index is 3.72. The van der Waals surface area contributed by atoms with Gasteiger partial charge in [-0.3, -0.25) is 0 Å². The van der Waals surface area contributed by atoms with Crippen molar-refractivity contribution >= 4 is 15.9 Å². The number of nitrogens with zero attached hydrogens (tertiary/aromatic N) is 1. The smallest absolute Gasteiger partial charge is 0.193 e. The van der Waals surface area contributed by atoms with Gasteiger partial charge in [0, 0.05) is 34.0 Å². The molecular formula is C21H29BrN+. The van der Waals surface area contributed by atoms with E-state index in [-0.39, 0.29) is 0 Å². The third-order valence-electron chi connectivity index (χ3n) is 4.61.